The van der Waals surface area contributed by atoms with Gasteiger partial charge in [-0.2, -0.15) is 0 Å². The summed E-state index contributed by atoms with van der Waals surface area (Å²) in [5.41, 5.74) is 0.599. The molecule has 0 saturated heterocycles. The van der Waals surface area contributed by atoms with Crippen LogP contribution in [-0.2, 0) is 0 Å². The highest BCUT2D eigenvalue weighted by Gasteiger charge is 1.98. The van der Waals surface area contributed by atoms with Crippen molar-refractivity contribution in [3.05, 3.63) is 37.1 Å². The number of carbonyl (C=O) groups is 1. The Morgan fingerprint density at radius 1 is 1.46 bits per heavy atom. The zero-order valence-electron chi connectivity index (χ0n) is 7.35. The minimum absolute atomic E-state index is 0.298. The molecule has 0 radical (unpaired) electrons. The van der Waals surface area contributed by atoms with Gasteiger partial charge in [-0.3, -0.25) is 0 Å². The minimum Gasteiger partial charge on any atom is -0.337 e. The number of amides is 2. The maximum Gasteiger partial charge on any atom is 0.319 e. The molecule has 0 spiro atoms. The van der Waals surface area contributed by atoms with Crippen molar-refractivity contribution in [2.75, 3.05) is 12.4 Å². The standard InChI is InChI=1S/C9H13ClN2O/c1-3-5-8(4-2)12-9(13)11-7-6-10/h3-5H,1-2,6-7H2,(H2,11,12,13)/b8-5+. The number of allylic oxidation sites excluding steroid dienone is 3. The molecule has 0 unspecified atom stereocenters. The molecule has 0 heterocycles. The molecule has 0 fully saturated rings. The molecule has 0 aromatic rings. The summed E-state index contributed by atoms with van der Waals surface area (Å²) in [6.07, 6.45) is 4.74. The van der Waals surface area contributed by atoms with Gasteiger partial charge in [-0.15, -0.1) is 11.6 Å². The minimum atomic E-state index is -0.298. The van der Waals surface area contributed by atoms with Crippen molar-refractivity contribution in [1.29, 1.82) is 0 Å². The van der Waals surface area contributed by atoms with Gasteiger partial charge in [-0.05, 0) is 12.2 Å². The maximum atomic E-state index is 11.0. The lowest BCUT2D eigenvalue weighted by molar-refractivity contribution is 0.244. The molecule has 0 aliphatic carbocycles. The zero-order chi connectivity index (χ0) is 10.1. The van der Waals surface area contributed by atoms with Gasteiger partial charge in [0.05, 0.1) is 0 Å². The van der Waals surface area contributed by atoms with Crippen LogP contribution in [0.4, 0.5) is 4.79 Å². The lowest BCUT2D eigenvalue weighted by atomic mass is 10.4. The van der Waals surface area contributed by atoms with Gasteiger partial charge in [-0.25, -0.2) is 4.79 Å². The first kappa shape index (κ1) is 11.8. The van der Waals surface area contributed by atoms with Crippen LogP contribution in [0, 0.1) is 0 Å². The summed E-state index contributed by atoms with van der Waals surface area (Å²) in [4.78, 5) is 11.0. The van der Waals surface area contributed by atoms with E-state index in [2.05, 4.69) is 23.8 Å². The third kappa shape index (κ3) is 5.99. The quantitative estimate of drug-likeness (QED) is 0.516. The summed E-state index contributed by atoms with van der Waals surface area (Å²) in [5, 5.41) is 5.12. The maximum absolute atomic E-state index is 11.0. The second kappa shape index (κ2) is 7.43. The van der Waals surface area contributed by atoms with E-state index in [1.165, 1.54) is 6.08 Å². The molecule has 13 heavy (non-hydrogen) atoms. The number of carbonyl (C=O) groups excluding carboxylic acids is 1. The van der Waals surface area contributed by atoms with Crippen LogP contribution in [0.3, 0.4) is 0 Å². The molecule has 0 aliphatic heterocycles. The molecule has 72 valence electrons. The van der Waals surface area contributed by atoms with Crippen LogP contribution in [0.1, 0.15) is 0 Å². The van der Waals surface area contributed by atoms with Gasteiger partial charge in [0, 0.05) is 18.1 Å². The second-order valence-electron chi connectivity index (χ2n) is 2.13. The summed E-state index contributed by atoms with van der Waals surface area (Å²) in [6, 6.07) is -0.298. The molecule has 3 nitrogen and oxygen atoms in total. The first-order chi connectivity index (χ1) is 6.24. The first-order valence-electron chi connectivity index (χ1n) is 3.80. The molecule has 0 bridgehead atoms. The van der Waals surface area contributed by atoms with Gasteiger partial charge >= 0.3 is 6.03 Å². The van der Waals surface area contributed by atoms with Gasteiger partial charge in [-0.1, -0.05) is 19.2 Å². The van der Waals surface area contributed by atoms with E-state index in [1.807, 2.05) is 0 Å². The monoisotopic (exact) mass is 200 g/mol. The summed E-state index contributed by atoms with van der Waals surface area (Å²) in [6.45, 7) is 7.47. The summed E-state index contributed by atoms with van der Waals surface area (Å²) in [7, 11) is 0. The molecule has 0 aromatic carbocycles. The van der Waals surface area contributed by atoms with E-state index in [0.29, 0.717) is 18.1 Å². The van der Waals surface area contributed by atoms with Crippen molar-refractivity contribution in [2.45, 2.75) is 0 Å². The van der Waals surface area contributed by atoms with Gasteiger partial charge in [0.1, 0.15) is 0 Å². The second-order valence-corrected chi connectivity index (χ2v) is 2.51. The number of nitrogens with one attached hydrogen (secondary N) is 2. The summed E-state index contributed by atoms with van der Waals surface area (Å²) in [5.74, 6) is 0.391. The average molecular weight is 201 g/mol. The third-order valence-electron chi connectivity index (χ3n) is 1.16. The van der Waals surface area contributed by atoms with Crippen molar-refractivity contribution < 1.29 is 4.79 Å². The Morgan fingerprint density at radius 2 is 2.15 bits per heavy atom. The van der Waals surface area contributed by atoms with Crippen LogP contribution in [-0.4, -0.2) is 18.5 Å². The third-order valence-corrected chi connectivity index (χ3v) is 1.34. The number of hydrogen-bond acceptors (Lipinski definition) is 1. The lowest BCUT2D eigenvalue weighted by Crippen LogP contribution is -2.35. The molecular weight excluding hydrogens is 188 g/mol. The van der Waals surface area contributed by atoms with Crippen LogP contribution in [0.2, 0.25) is 0 Å². The number of rotatable bonds is 5. The average Bonchev–Trinajstić information content (AvgIpc) is 2.14. The van der Waals surface area contributed by atoms with Crippen molar-refractivity contribution in [2.24, 2.45) is 0 Å². The SMILES string of the molecule is C=C/C=C(\C=C)NC(=O)NCCCl. The fourth-order valence-corrected chi connectivity index (χ4v) is 0.718. The normalized spacial score (nSPS) is 10.4. The number of alkyl halides is 1. The van der Waals surface area contributed by atoms with Gasteiger partial charge in [0.2, 0.25) is 0 Å². The molecular formula is C9H13ClN2O. The van der Waals surface area contributed by atoms with E-state index in [-0.39, 0.29) is 6.03 Å². The van der Waals surface area contributed by atoms with Crippen molar-refractivity contribution in [1.82, 2.24) is 10.6 Å². The summed E-state index contributed by atoms with van der Waals surface area (Å²) < 4.78 is 0. The Hall–Kier alpha value is -1.22. The molecule has 2 N–H and O–H groups in total. The van der Waals surface area contributed by atoms with Gasteiger partial charge in [0.25, 0.3) is 0 Å². The predicted octanol–water partition coefficient (Wildman–Crippen LogP) is 1.78. The number of urea groups is 1. The zero-order valence-corrected chi connectivity index (χ0v) is 8.10. The highest BCUT2D eigenvalue weighted by Crippen LogP contribution is 1.89. The van der Waals surface area contributed by atoms with E-state index >= 15 is 0 Å². The highest BCUT2D eigenvalue weighted by molar-refractivity contribution is 6.18. The predicted molar refractivity (Wildman–Crippen MR) is 55.7 cm³/mol. The van der Waals surface area contributed by atoms with E-state index in [4.69, 9.17) is 11.6 Å². The Bertz CT molecular complexity index is 224. The van der Waals surface area contributed by atoms with Gasteiger partial charge in [0.15, 0.2) is 0 Å². The number of hydrogen-bond donors (Lipinski definition) is 2. The molecule has 0 atom stereocenters. The topological polar surface area (TPSA) is 41.1 Å². The summed E-state index contributed by atoms with van der Waals surface area (Å²) >= 11 is 5.38. The Balaban J connectivity index is 3.94. The van der Waals surface area contributed by atoms with E-state index < -0.39 is 0 Å². The Labute approximate surface area is 83.2 Å². The molecule has 0 aromatic heterocycles. The van der Waals surface area contributed by atoms with E-state index in [9.17, 15) is 4.79 Å². The van der Waals surface area contributed by atoms with Crippen molar-refractivity contribution in [3.8, 4) is 0 Å². The van der Waals surface area contributed by atoms with Crippen LogP contribution >= 0.6 is 11.6 Å². The van der Waals surface area contributed by atoms with Crippen LogP contribution in [0.5, 0.6) is 0 Å². The van der Waals surface area contributed by atoms with Crippen molar-refractivity contribution in [3.63, 3.8) is 0 Å². The van der Waals surface area contributed by atoms with Crippen LogP contribution < -0.4 is 10.6 Å². The van der Waals surface area contributed by atoms with E-state index in [0.717, 1.165) is 0 Å². The molecule has 4 heteroatoms. The molecule has 0 aliphatic rings. The molecule has 0 saturated carbocycles. The number of halogens is 1. The van der Waals surface area contributed by atoms with Crippen LogP contribution in [0.25, 0.3) is 0 Å². The van der Waals surface area contributed by atoms with Crippen LogP contribution in [0.15, 0.2) is 37.1 Å². The van der Waals surface area contributed by atoms with Gasteiger partial charge < -0.3 is 10.6 Å². The highest BCUT2D eigenvalue weighted by atomic mass is 35.5. The fourth-order valence-electron chi connectivity index (χ4n) is 0.624. The molecule has 2 amide bonds. The fraction of sp³-hybridized carbons (Fsp3) is 0.222. The largest absolute Gasteiger partial charge is 0.337 e. The van der Waals surface area contributed by atoms with Crippen molar-refractivity contribution >= 4 is 17.6 Å². The molecule has 0 rings (SSSR count). The Morgan fingerprint density at radius 3 is 2.62 bits per heavy atom. The lowest BCUT2D eigenvalue weighted by Gasteiger charge is -2.05. The Kier molecular flexibility index (Phi) is 6.73. The first-order valence-corrected chi connectivity index (χ1v) is 4.34. The smallest absolute Gasteiger partial charge is 0.319 e. The van der Waals surface area contributed by atoms with E-state index in [1.54, 1.807) is 12.2 Å².